The number of nitrogen functional groups attached to an aromatic ring is 2. The predicted octanol–water partition coefficient (Wildman–Crippen LogP) is 0.764. The molecule has 0 aromatic carbocycles. The number of hydrogen-bond acceptors (Lipinski definition) is 4. The van der Waals surface area contributed by atoms with Crippen molar-refractivity contribution in [3.63, 3.8) is 0 Å². The number of hydrogen-bond donors (Lipinski definition) is 2. The van der Waals surface area contributed by atoms with E-state index < -0.39 is 0 Å². The molecule has 1 rings (SSSR count). The van der Waals surface area contributed by atoms with Gasteiger partial charge in [0.2, 0.25) is 0 Å². The quantitative estimate of drug-likeness (QED) is 0.622. The fraction of sp³-hybridized carbons (Fsp3) is 0.429. The van der Waals surface area contributed by atoms with Crippen LogP contribution in [0, 0.1) is 0 Å². The van der Waals surface area contributed by atoms with Crippen molar-refractivity contribution in [2.24, 2.45) is 0 Å². The van der Waals surface area contributed by atoms with Crippen LogP contribution in [0.5, 0.6) is 0 Å². The Labute approximate surface area is 65.6 Å². The monoisotopic (exact) mass is 152 g/mol. The van der Waals surface area contributed by atoms with Gasteiger partial charge < -0.3 is 11.5 Å². The zero-order chi connectivity index (χ0) is 8.43. The van der Waals surface area contributed by atoms with Crippen LogP contribution in [-0.2, 0) is 0 Å². The van der Waals surface area contributed by atoms with Gasteiger partial charge in [-0.3, -0.25) is 0 Å². The molecule has 0 radical (unpaired) electrons. The minimum atomic E-state index is 0.300. The van der Waals surface area contributed by atoms with Gasteiger partial charge in [0.1, 0.15) is 0 Å². The van der Waals surface area contributed by atoms with E-state index in [0.29, 0.717) is 17.4 Å². The molecule has 0 aliphatic rings. The van der Waals surface area contributed by atoms with E-state index in [2.05, 4.69) is 10.2 Å². The van der Waals surface area contributed by atoms with Gasteiger partial charge in [0.15, 0.2) is 5.82 Å². The largest absolute Gasteiger partial charge is 0.396 e. The van der Waals surface area contributed by atoms with Crippen LogP contribution < -0.4 is 11.5 Å². The zero-order valence-electron chi connectivity index (χ0n) is 6.70. The Morgan fingerprint density at radius 1 is 1.27 bits per heavy atom. The second-order valence-corrected chi connectivity index (χ2v) is 2.76. The summed E-state index contributed by atoms with van der Waals surface area (Å²) >= 11 is 0. The molecule has 1 aromatic heterocycles. The highest BCUT2D eigenvalue weighted by atomic mass is 15.1. The Bertz CT molecular complexity index is 257. The molecular weight excluding hydrogens is 140 g/mol. The topological polar surface area (TPSA) is 77.8 Å². The molecule has 1 heterocycles. The molecule has 0 unspecified atom stereocenters. The summed E-state index contributed by atoms with van der Waals surface area (Å²) in [5.41, 5.74) is 12.3. The van der Waals surface area contributed by atoms with Crippen molar-refractivity contribution in [3.05, 3.63) is 11.8 Å². The average Bonchev–Trinajstić information content (AvgIpc) is 1.94. The van der Waals surface area contributed by atoms with Crippen LogP contribution in [0.3, 0.4) is 0 Å². The Kier molecular flexibility index (Phi) is 1.94. The lowest BCUT2D eigenvalue weighted by molar-refractivity contribution is 0.789. The summed E-state index contributed by atoms with van der Waals surface area (Å²) in [4.78, 5) is 0. The van der Waals surface area contributed by atoms with E-state index in [4.69, 9.17) is 11.5 Å². The maximum absolute atomic E-state index is 5.53. The van der Waals surface area contributed by atoms with Crippen LogP contribution in [0.1, 0.15) is 25.5 Å². The van der Waals surface area contributed by atoms with E-state index in [9.17, 15) is 0 Å². The van der Waals surface area contributed by atoms with Crippen molar-refractivity contribution in [2.45, 2.75) is 19.8 Å². The molecule has 11 heavy (non-hydrogen) atoms. The maximum atomic E-state index is 5.53. The summed E-state index contributed by atoms with van der Waals surface area (Å²) in [5.74, 6) is 0.639. The molecule has 0 saturated carbocycles. The second-order valence-electron chi connectivity index (χ2n) is 2.76. The Hall–Kier alpha value is -1.32. The molecule has 4 heteroatoms. The molecule has 4 N–H and O–H groups in total. The molecule has 4 nitrogen and oxygen atoms in total. The van der Waals surface area contributed by atoms with Gasteiger partial charge >= 0.3 is 0 Å². The highest BCUT2D eigenvalue weighted by molar-refractivity contribution is 5.57. The third-order valence-electron chi connectivity index (χ3n) is 1.46. The van der Waals surface area contributed by atoms with Crippen molar-refractivity contribution >= 4 is 11.5 Å². The predicted molar refractivity (Wildman–Crippen MR) is 44.9 cm³/mol. The summed E-state index contributed by atoms with van der Waals surface area (Å²) in [6, 6.07) is 1.76. The summed E-state index contributed by atoms with van der Waals surface area (Å²) in [6.45, 7) is 4.05. The third-order valence-corrected chi connectivity index (χ3v) is 1.46. The van der Waals surface area contributed by atoms with Crippen molar-refractivity contribution in [1.82, 2.24) is 10.2 Å². The first-order chi connectivity index (χ1) is 5.11. The first-order valence-corrected chi connectivity index (χ1v) is 3.50. The van der Waals surface area contributed by atoms with E-state index in [-0.39, 0.29) is 0 Å². The van der Waals surface area contributed by atoms with E-state index in [1.165, 1.54) is 0 Å². The van der Waals surface area contributed by atoms with Crippen LogP contribution in [-0.4, -0.2) is 10.2 Å². The highest BCUT2D eigenvalue weighted by Gasteiger charge is 2.03. The zero-order valence-corrected chi connectivity index (χ0v) is 6.70. The van der Waals surface area contributed by atoms with Gasteiger partial charge in [0.25, 0.3) is 0 Å². The van der Waals surface area contributed by atoms with E-state index in [1.807, 2.05) is 13.8 Å². The molecule has 0 bridgehead atoms. The molecule has 0 aliphatic carbocycles. The minimum Gasteiger partial charge on any atom is -0.396 e. The van der Waals surface area contributed by atoms with Crippen LogP contribution in [0.2, 0.25) is 0 Å². The van der Waals surface area contributed by atoms with Crippen LogP contribution in [0.4, 0.5) is 11.5 Å². The van der Waals surface area contributed by atoms with E-state index in [0.717, 1.165) is 5.69 Å². The summed E-state index contributed by atoms with van der Waals surface area (Å²) < 4.78 is 0. The lowest BCUT2D eigenvalue weighted by atomic mass is 10.1. The normalized spacial score (nSPS) is 10.5. The summed E-state index contributed by atoms with van der Waals surface area (Å²) in [6.07, 6.45) is 0. The van der Waals surface area contributed by atoms with Gasteiger partial charge in [-0.25, -0.2) is 0 Å². The van der Waals surface area contributed by atoms with Gasteiger partial charge in [-0.15, -0.1) is 5.10 Å². The summed E-state index contributed by atoms with van der Waals surface area (Å²) in [7, 11) is 0. The van der Waals surface area contributed by atoms with Gasteiger partial charge in [-0.2, -0.15) is 5.10 Å². The lowest BCUT2D eigenvalue weighted by Crippen LogP contribution is -2.03. The van der Waals surface area contributed by atoms with E-state index >= 15 is 0 Å². The van der Waals surface area contributed by atoms with E-state index in [1.54, 1.807) is 6.07 Å². The van der Waals surface area contributed by atoms with Crippen molar-refractivity contribution in [2.75, 3.05) is 11.5 Å². The molecule has 0 atom stereocenters. The number of nitrogens with zero attached hydrogens (tertiary/aromatic N) is 2. The van der Waals surface area contributed by atoms with Gasteiger partial charge in [0, 0.05) is 0 Å². The number of anilines is 2. The molecule has 0 spiro atoms. The molecular formula is C7H12N4. The van der Waals surface area contributed by atoms with Crippen LogP contribution in [0.15, 0.2) is 6.07 Å². The van der Waals surface area contributed by atoms with Gasteiger partial charge in [0.05, 0.1) is 11.4 Å². The number of rotatable bonds is 1. The lowest BCUT2D eigenvalue weighted by Gasteiger charge is -2.04. The first-order valence-electron chi connectivity index (χ1n) is 3.50. The molecule has 0 saturated heterocycles. The Morgan fingerprint density at radius 3 is 2.36 bits per heavy atom. The molecule has 1 aromatic rings. The molecule has 0 amide bonds. The van der Waals surface area contributed by atoms with Gasteiger partial charge in [-0.05, 0) is 12.0 Å². The minimum absolute atomic E-state index is 0.300. The fourth-order valence-corrected chi connectivity index (χ4v) is 0.714. The smallest absolute Gasteiger partial charge is 0.169 e. The van der Waals surface area contributed by atoms with Crippen LogP contribution >= 0.6 is 0 Å². The second kappa shape index (κ2) is 2.74. The van der Waals surface area contributed by atoms with Crippen molar-refractivity contribution in [3.8, 4) is 0 Å². The number of nitrogens with two attached hydrogens (primary N) is 2. The fourth-order valence-electron chi connectivity index (χ4n) is 0.714. The number of aromatic nitrogens is 2. The molecule has 0 aliphatic heterocycles. The van der Waals surface area contributed by atoms with Crippen molar-refractivity contribution in [1.29, 1.82) is 0 Å². The summed E-state index contributed by atoms with van der Waals surface area (Å²) in [5, 5.41) is 7.59. The molecule has 0 fully saturated rings. The molecule has 60 valence electrons. The van der Waals surface area contributed by atoms with Crippen molar-refractivity contribution < 1.29 is 0 Å². The Morgan fingerprint density at radius 2 is 1.91 bits per heavy atom. The van der Waals surface area contributed by atoms with Crippen LogP contribution in [0.25, 0.3) is 0 Å². The first kappa shape index (κ1) is 7.78. The Balaban J connectivity index is 3.05. The van der Waals surface area contributed by atoms with Gasteiger partial charge in [-0.1, -0.05) is 13.8 Å². The highest BCUT2D eigenvalue weighted by Crippen LogP contribution is 2.16. The third kappa shape index (κ3) is 1.58. The standard InChI is InChI=1S/C7H12N4/c1-4(2)6-3-5(8)7(9)11-10-6/h3-4H,1-2H3,(H2,8,10)(H2,9,11). The average molecular weight is 152 g/mol. The maximum Gasteiger partial charge on any atom is 0.169 e. The SMILES string of the molecule is CC(C)c1cc(N)c(N)nn1.